The first-order valence-corrected chi connectivity index (χ1v) is 6.29. The summed E-state index contributed by atoms with van der Waals surface area (Å²) in [6.07, 6.45) is 2.60. The number of nitrogens with two attached hydrogens (primary N) is 1. The Hall–Kier alpha value is -2.37. The number of fused-ring (bicyclic) bond motifs is 1. The van der Waals surface area contributed by atoms with Crippen LogP contribution in [0.5, 0.6) is 0 Å². The second-order valence-electron chi connectivity index (χ2n) is 4.98. The maximum atomic E-state index is 5.95. The van der Waals surface area contributed by atoms with Crippen molar-refractivity contribution in [1.29, 1.82) is 0 Å². The second-order valence-corrected chi connectivity index (χ2v) is 4.98. The summed E-state index contributed by atoms with van der Waals surface area (Å²) >= 11 is 0. The largest absolute Gasteiger partial charge is 0.383 e. The molecule has 0 bridgehead atoms. The Labute approximate surface area is 110 Å². The second kappa shape index (κ2) is 4.38. The number of nitrogens with one attached hydrogen (secondary N) is 1. The van der Waals surface area contributed by atoms with E-state index in [9.17, 15) is 0 Å². The lowest BCUT2D eigenvalue weighted by atomic mass is 10.1. The summed E-state index contributed by atoms with van der Waals surface area (Å²) in [4.78, 5) is 4.31. The van der Waals surface area contributed by atoms with Crippen molar-refractivity contribution in [1.82, 2.24) is 25.0 Å². The van der Waals surface area contributed by atoms with Gasteiger partial charge in [0, 0.05) is 6.20 Å². The molecule has 6 nitrogen and oxygen atoms in total. The minimum atomic E-state index is 0.504. The molecule has 3 N–H and O–H groups in total. The van der Waals surface area contributed by atoms with E-state index in [1.165, 1.54) is 0 Å². The number of rotatable bonds is 3. The lowest BCUT2D eigenvalue weighted by Gasteiger charge is -2.01. The zero-order valence-electron chi connectivity index (χ0n) is 11.0. The molecule has 0 unspecified atom stereocenters. The lowest BCUT2D eigenvalue weighted by Crippen LogP contribution is -2.02. The number of nitrogens with zero attached hydrogens (tertiary/aromatic N) is 4. The number of nitrogen functional groups attached to an aromatic ring is 1. The molecule has 0 atom stereocenters. The third kappa shape index (κ3) is 1.95. The molecule has 0 aliphatic carbocycles. The van der Waals surface area contributed by atoms with Crippen LogP contribution in [0.2, 0.25) is 0 Å². The van der Waals surface area contributed by atoms with Gasteiger partial charge in [-0.05, 0) is 24.5 Å². The van der Waals surface area contributed by atoms with Crippen LogP contribution in [0.1, 0.15) is 19.5 Å². The molecule has 0 saturated carbocycles. The Morgan fingerprint density at radius 1 is 1.37 bits per heavy atom. The van der Waals surface area contributed by atoms with Crippen LogP contribution < -0.4 is 5.73 Å². The van der Waals surface area contributed by atoms with Gasteiger partial charge in [-0.25, -0.2) is 4.98 Å². The molecule has 3 heterocycles. The van der Waals surface area contributed by atoms with Gasteiger partial charge in [0.1, 0.15) is 5.82 Å². The maximum absolute atomic E-state index is 5.95. The highest BCUT2D eigenvalue weighted by molar-refractivity contribution is 5.89. The highest BCUT2D eigenvalue weighted by Gasteiger charge is 2.18. The lowest BCUT2D eigenvalue weighted by molar-refractivity contribution is 0.629. The number of aromatic nitrogens is 5. The van der Waals surface area contributed by atoms with E-state index in [0.717, 1.165) is 29.0 Å². The molecule has 3 rings (SSSR count). The van der Waals surface area contributed by atoms with Gasteiger partial charge in [0.25, 0.3) is 0 Å². The number of hydrogen-bond acceptors (Lipinski definition) is 4. The summed E-state index contributed by atoms with van der Waals surface area (Å²) in [6.45, 7) is 4.31. The predicted octanol–water partition coefficient (Wildman–Crippen LogP) is 1.92. The van der Waals surface area contributed by atoms with E-state index in [1.807, 2.05) is 18.2 Å². The van der Waals surface area contributed by atoms with E-state index in [4.69, 9.17) is 5.73 Å². The van der Waals surface area contributed by atoms with Crippen molar-refractivity contribution >= 4 is 16.9 Å². The molecule has 98 valence electrons. The van der Waals surface area contributed by atoms with Crippen molar-refractivity contribution in [3.05, 3.63) is 30.1 Å². The number of hydrogen-bond donors (Lipinski definition) is 2. The van der Waals surface area contributed by atoms with Gasteiger partial charge in [-0.1, -0.05) is 19.9 Å². The summed E-state index contributed by atoms with van der Waals surface area (Å²) in [6, 6.07) is 5.70. The zero-order chi connectivity index (χ0) is 13.4. The molecule has 19 heavy (non-hydrogen) atoms. The van der Waals surface area contributed by atoms with Gasteiger partial charge in [-0.15, -0.1) is 0 Å². The summed E-state index contributed by atoms with van der Waals surface area (Å²) in [5, 5.41) is 12.6. The molecular weight excluding hydrogens is 240 g/mol. The average Bonchev–Trinajstić information content (AvgIpc) is 2.93. The maximum Gasteiger partial charge on any atom is 0.188 e. The van der Waals surface area contributed by atoms with Gasteiger partial charge < -0.3 is 5.73 Å². The fourth-order valence-corrected chi connectivity index (χ4v) is 2.17. The van der Waals surface area contributed by atoms with Gasteiger partial charge >= 0.3 is 0 Å². The molecule has 0 fully saturated rings. The molecule has 0 saturated heterocycles. The summed E-state index contributed by atoms with van der Waals surface area (Å²) in [5.74, 6) is 1.81. The van der Waals surface area contributed by atoms with E-state index in [0.29, 0.717) is 11.7 Å². The average molecular weight is 256 g/mol. The van der Waals surface area contributed by atoms with Crippen molar-refractivity contribution in [2.24, 2.45) is 5.92 Å². The van der Waals surface area contributed by atoms with E-state index in [1.54, 1.807) is 10.9 Å². The van der Waals surface area contributed by atoms with Gasteiger partial charge in [0.15, 0.2) is 11.5 Å². The normalized spacial score (nSPS) is 11.5. The quantitative estimate of drug-likeness (QED) is 0.749. The van der Waals surface area contributed by atoms with Crippen molar-refractivity contribution in [2.45, 2.75) is 20.3 Å². The summed E-state index contributed by atoms with van der Waals surface area (Å²) in [5.41, 5.74) is 7.64. The number of pyridine rings is 1. The highest BCUT2D eigenvalue weighted by atomic mass is 15.4. The van der Waals surface area contributed by atoms with Crippen LogP contribution in [-0.4, -0.2) is 25.0 Å². The van der Waals surface area contributed by atoms with Crippen molar-refractivity contribution in [3.63, 3.8) is 0 Å². The standard InChI is InChI=1S/C13H16N6/c1-8(2)7-9-11-12(14)16-17-13(11)19(18-9)10-5-3-4-6-15-10/h3-6,8H,7H2,1-2H3,(H3,14,16,17). The third-order valence-corrected chi connectivity index (χ3v) is 2.95. The minimum absolute atomic E-state index is 0.504. The van der Waals surface area contributed by atoms with E-state index < -0.39 is 0 Å². The third-order valence-electron chi connectivity index (χ3n) is 2.95. The number of aromatic amines is 1. The first-order valence-electron chi connectivity index (χ1n) is 6.29. The Bertz CT molecular complexity index is 695. The molecule has 0 spiro atoms. The molecule has 0 aromatic carbocycles. The van der Waals surface area contributed by atoms with E-state index in [-0.39, 0.29) is 0 Å². The van der Waals surface area contributed by atoms with Crippen molar-refractivity contribution in [3.8, 4) is 5.82 Å². The van der Waals surface area contributed by atoms with Crippen LogP contribution in [0.15, 0.2) is 24.4 Å². The minimum Gasteiger partial charge on any atom is -0.383 e. The zero-order valence-corrected chi connectivity index (χ0v) is 11.0. The molecule has 3 aromatic heterocycles. The first kappa shape index (κ1) is 11.7. The van der Waals surface area contributed by atoms with Crippen LogP contribution in [0.4, 0.5) is 5.82 Å². The molecule has 0 amide bonds. The van der Waals surface area contributed by atoms with Crippen LogP contribution in [0.3, 0.4) is 0 Å². The Morgan fingerprint density at radius 2 is 2.21 bits per heavy atom. The molecule has 6 heteroatoms. The van der Waals surface area contributed by atoms with E-state index >= 15 is 0 Å². The van der Waals surface area contributed by atoms with Gasteiger partial charge in [0.05, 0.1) is 11.1 Å². The SMILES string of the molecule is CC(C)Cc1nn(-c2ccccn2)c2n[nH]c(N)c12. The number of H-pyrrole nitrogens is 1. The van der Waals surface area contributed by atoms with Crippen LogP contribution in [0, 0.1) is 5.92 Å². The predicted molar refractivity (Wildman–Crippen MR) is 74.0 cm³/mol. The molecule has 0 radical (unpaired) electrons. The highest BCUT2D eigenvalue weighted by Crippen LogP contribution is 2.25. The molecular formula is C13H16N6. The van der Waals surface area contributed by atoms with Crippen molar-refractivity contribution in [2.75, 3.05) is 5.73 Å². The monoisotopic (exact) mass is 256 g/mol. The molecule has 0 aliphatic heterocycles. The smallest absolute Gasteiger partial charge is 0.188 e. The van der Waals surface area contributed by atoms with Gasteiger partial charge in [-0.3, -0.25) is 5.10 Å². The van der Waals surface area contributed by atoms with Gasteiger partial charge in [0.2, 0.25) is 0 Å². The first-order chi connectivity index (χ1) is 9.16. The fraction of sp³-hybridized carbons (Fsp3) is 0.308. The summed E-state index contributed by atoms with van der Waals surface area (Å²) < 4.78 is 1.74. The topological polar surface area (TPSA) is 85.4 Å². The van der Waals surface area contributed by atoms with Gasteiger partial charge in [-0.2, -0.15) is 14.9 Å². The Morgan fingerprint density at radius 3 is 2.89 bits per heavy atom. The Kier molecular flexibility index (Phi) is 2.70. The van der Waals surface area contributed by atoms with E-state index in [2.05, 4.69) is 34.1 Å². The van der Waals surface area contributed by atoms with Crippen molar-refractivity contribution < 1.29 is 0 Å². The summed E-state index contributed by atoms with van der Waals surface area (Å²) in [7, 11) is 0. The fourth-order valence-electron chi connectivity index (χ4n) is 2.17. The Balaban J connectivity index is 2.21. The molecule has 0 aliphatic rings. The van der Waals surface area contributed by atoms with Crippen LogP contribution in [-0.2, 0) is 6.42 Å². The molecule has 3 aromatic rings. The van der Waals surface area contributed by atoms with Crippen LogP contribution in [0.25, 0.3) is 16.9 Å². The van der Waals surface area contributed by atoms with Crippen LogP contribution >= 0.6 is 0 Å². The number of anilines is 1.